The van der Waals surface area contributed by atoms with E-state index < -0.39 is 6.17 Å². The van der Waals surface area contributed by atoms with Crippen LogP contribution in [0.15, 0.2) is 65.1 Å². The zero-order chi connectivity index (χ0) is 24.2. The number of methoxy groups -OCH3 is 1. The molecule has 1 aromatic heterocycles. The van der Waals surface area contributed by atoms with Crippen molar-refractivity contribution in [3.63, 3.8) is 0 Å². The molecule has 1 aliphatic heterocycles. The quantitative estimate of drug-likeness (QED) is 0.301. The van der Waals surface area contributed by atoms with Gasteiger partial charge in [0.15, 0.2) is 11.5 Å². The van der Waals surface area contributed by atoms with Crippen LogP contribution in [0.25, 0.3) is 11.3 Å². The van der Waals surface area contributed by atoms with Crippen LogP contribution in [0, 0.1) is 0 Å². The van der Waals surface area contributed by atoms with Crippen molar-refractivity contribution >= 4 is 23.4 Å². The van der Waals surface area contributed by atoms with Crippen LogP contribution in [0.5, 0.6) is 11.5 Å². The fourth-order valence-corrected chi connectivity index (χ4v) is 4.71. The van der Waals surface area contributed by atoms with Gasteiger partial charge < -0.3 is 9.47 Å². The van der Waals surface area contributed by atoms with Gasteiger partial charge in [-0.1, -0.05) is 43.0 Å². The molecule has 8 nitrogen and oxygen atoms in total. The minimum Gasteiger partial charge on any atom is -0.492 e. The third kappa shape index (κ3) is 4.07. The molecule has 0 spiro atoms. The first kappa shape index (κ1) is 23.6. The number of ether oxygens (including phenoxy) is 2. The van der Waals surface area contributed by atoms with Gasteiger partial charge in [-0.15, -0.1) is 6.58 Å². The van der Waals surface area contributed by atoms with E-state index in [0.29, 0.717) is 51.5 Å². The van der Waals surface area contributed by atoms with E-state index in [1.165, 1.54) is 11.8 Å². The summed E-state index contributed by atoms with van der Waals surface area (Å²) in [4.78, 5) is 31.3. The van der Waals surface area contributed by atoms with E-state index >= 15 is 0 Å². The fourth-order valence-electron chi connectivity index (χ4n) is 4.12. The Hall–Kier alpha value is -3.59. The molecule has 0 bridgehead atoms. The fraction of sp³-hybridized carbons (Fsp3) is 0.280. The number of para-hydroxylation sites is 2. The van der Waals surface area contributed by atoms with Gasteiger partial charge in [-0.3, -0.25) is 14.6 Å². The van der Waals surface area contributed by atoms with Gasteiger partial charge in [0, 0.05) is 17.3 Å². The Morgan fingerprint density at radius 1 is 1.26 bits per heavy atom. The van der Waals surface area contributed by atoms with E-state index in [1.54, 1.807) is 22.8 Å². The summed E-state index contributed by atoms with van der Waals surface area (Å²) in [5.74, 6) is 1.51. The molecule has 0 fully saturated rings. The number of carbonyl (C=O) groups excluding carboxylic acids is 1. The maximum atomic E-state index is 13.4. The summed E-state index contributed by atoms with van der Waals surface area (Å²) in [6.45, 7) is 7.90. The Labute approximate surface area is 202 Å². The van der Waals surface area contributed by atoms with Gasteiger partial charge in [0.2, 0.25) is 11.1 Å². The molecule has 0 radical (unpaired) electrons. The Morgan fingerprint density at radius 2 is 2.06 bits per heavy atom. The summed E-state index contributed by atoms with van der Waals surface area (Å²) in [5, 5.41) is 5.20. The lowest BCUT2D eigenvalue weighted by Gasteiger charge is -2.32. The van der Waals surface area contributed by atoms with Gasteiger partial charge in [-0.05, 0) is 35.9 Å². The molecule has 34 heavy (non-hydrogen) atoms. The summed E-state index contributed by atoms with van der Waals surface area (Å²) in [6.07, 6.45) is 1.26. The molecule has 3 aromatic rings. The number of hydrogen-bond donors (Lipinski definition) is 1. The largest absolute Gasteiger partial charge is 0.492 e. The maximum Gasteiger partial charge on any atom is 0.325 e. The predicted octanol–water partition coefficient (Wildman–Crippen LogP) is 3.71. The highest BCUT2D eigenvalue weighted by Crippen LogP contribution is 2.42. The summed E-state index contributed by atoms with van der Waals surface area (Å²) in [7, 11) is 1.56. The van der Waals surface area contributed by atoms with Crippen LogP contribution in [0.3, 0.4) is 0 Å². The number of amides is 1. The van der Waals surface area contributed by atoms with Crippen molar-refractivity contribution in [2.45, 2.75) is 31.6 Å². The standard InChI is InChI=1S/C25H26N4O4S/c1-5-15-34-25-26-23(31)21-16-11-8-9-13-18(16)28(20(30)6-2)24(29(21)27-25)17-12-10-14-19(33-7-3)22(17)32-4/h5,8-14,24H,1,6-7,15H2,2-4H3/p+1/t24-/m0/s1. The topological polar surface area (TPSA) is 88.4 Å². The number of nitrogens with zero attached hydrogens (tertiary/aromatic N) is 3. The molecule has 0 aliphatic carbocycles. The summed E-state index contributed by atoms with van der Waals surface area (Å²) < 4.78 is 13.2. The Balaban J connectivity index is 2.07. The van der Waals surface area contributed by atoms with Crippen molar-refractivity contribution < 1.29 is 19.0 Å². The van der Waals surface area contributed by atoms with Crippen LogP contribution in [-0.4, -0.2) is 35.5 Å². The zero-order valence-electron chi connectivity index (χ0n) is 19.4. The maximum absolute atomic E-state index is 13.4. The number of carbonyl (C=O) groups is 1. The number of nitrogens with one attached hydrogen (secondary N) is 1. The zero-order valence-corrected chi connectivity index (χ0v) is 20.2. The second-order valence-corrected chi connectivity index (χ2v) is 8.48. The molecule has 1 amide bonds. The first-order valence-electron chi connectivity index (χ1n) is 11.1. The van der Waals surface area contributed by atoms with Crippen molar-refractivity contribution in [1.82, 2.24) is 10.1 Å². The minimum atomic E-state index is -0.752. The number of fused-ring (bicyclic) bond motifs is 3. The minimum absolute atomic E-state index is 0.109. The van der Waals surface area contributed by atoms with Crippen molar-refractivity contribution in [2.75, 3.05) is 24.4 Å². The van der Waals surface area contributed by atoms with E-state index in [-0.39, 0.29) is 17.9 Å². The van der Waals surface area contributed by atoms with Gasteiger partial charge in [0.25, 0.3) is 6.17 Å². The third-order valence-corrected chi connectivity index (χ3v) is 6.32. The number of anilines is 1. The van der Waals surface area contributed by atoms with E-state index in [4.69, 9.17) is 14.6 Å². The highest BCUT2D eigenvalue weighted by Gasteiger charge is 2.47. The van der Waals surface area contributed by atoms with Crippen molar-refractivity contribution in [2.24, 2.45) is 0 Å². The predicted molar refractivity (Wildman–Crippen MR) is 131 cm³/mol. The van der Waals surface area contributed by atoms with Crippen LogP contribution in [0.2, 0.25) is 0 Å². The number of benzene rings is 2. The number of aromatic amines is 1. The second-order valence-electron chi connectivity index (χ2n) is 7.47. The number of hydrogen-bond acceptors (Lipinski definition) is 6. The first-order chi connectivity index (χ1) is 16.5. The molecule has 2 aromatic carbocycles. The molecule has 9 heteroatoms. The number of thioether (sulfide) groups is 1. The normalized spacial score (nSPS) is 14.2. The lowest BCUT2D eigenvalue weighted by Crippen LogP contribution is -2.61. The monoisotopic (exact) mass is 479 g/mol. The van der Waals surface area contributed by atoms with E-state index in [2.05, 4.69) is 11.6 Å². The van der Waals surface area contributed by atoms with Crippen molar-refractivity contribution in [3.05, 3.63) is 71.0 Å². The number of aromatic nitrogens is 3. The van der Waals surface area contributed by atoms with E-state index in [9.17, 15) is 9.59 Å². The lowest BCUT2D eigenvalue weighted by atomic mass is 10.0. The van der Waals surface area contributed by atoms with Crippen LogP contribution >= 0.6 is 11.8 Å². The summed E-state index contributed by atoms with van der Waals surface area (Å²) in [6, 6.07) is 12.9. The molecule has 1 N–H and O–H groups in total. The average molecular weight is 480 g/mol. The average Bonchev–Trinajstić information content (AvgIpc) is 2.86. The second kappa shape index (κ2) is 10.1. The van der Waals surface area contributed by atoms with Gasteiger partial charge in [0.05, 0.1) is 30.5 Å². The molecule has 0 saturated heterocycles. The Morgan fingerprint density at radius 3 is 2.76 bits per heavy atom. The third-order valence-electron chi connectivity index (χ3n) is 5.46. The van der Waals surface area contributed by atoms with E-state index in [1.807, 2.05) is 56.3 Å². The number of rotatable bonds is 8. The molecule has 1 atom stereocenters. The Bertz CT molecular complexity index is 1290. The van der Waals surface area contributed by atoms with Gasteiger partial charge in [-0.25, -0.2) is 4.90 Å². The summed E-state index contributed by atoms with van der Waals surface area (Å²) >= 11 is 1.36. The van der Waals surface area contributed by atoms with Crippen LogP contribution < -0.4 is 24.6 Å². The molecule has 2 heterocycles. The number of H-pyrrole nitrogens is 1. The van der Waals surface area contributed by atoms with Gasteiger partial charge in [0.1, 0.15) is 0 Å². The molecule has 1 aliphatic rings. The van der Waals surface area contributed by atoms with Crippen molar-refractivity contribution in [3.8, 4) is 22.8 Å². The molecule has 0 unspecified atom stereocenters. The van der Waals surface area contributed by atoms with Crippen molar-refractivity contribution in [1.29, 1.82) is 0 Å². The van der Waals surface area contributed by atoms with Gasteiger partial charge >= 0.3 is 11.3 Å². The molecule has 176 valence electrons. The van der Waals surface area contributed by atoms with E-state index in [0.717, 1.165) is 0 Å². The molecular weight excluding hydrogens is 452 g/mol. The Kier molecular flexibility index (Phi) is 7.02. The highest BCUT2D eigenvalue weighted by atomic mass is 32.2. The lowest BCUT2D eigenvalue weighted by molar-refractivity contribution is -0.763. The highest BCUT2D eigenvalue weighted by molar-refractivity contribution is 7.99. The first-order valence-corrected chi connectivity index (χ1v) is 12.0. The van der Waals surface area contributed by atoms with Crippen LogP contribution in [0.1, 0.15) is 32.0 Å². The molecular formula is C25H27N4O4S+. The SMILES string of the molecule is C=CCSc1n[n+]2c(c(=O)[nH]1)-c1ccccc1N(C(=O)CC)[C@@H]2c1cccc(OCC)c1OC. The summed E-state index contributed by atoms with van der Waals surface area (Å²) in [5.41, 5.74) is 2.01. The molecule has 4 rings (SSSR count). The van der Waals surface area contributed by atoms with Gasteiger partial charge in [-0.2, -0.15) is 0 Å². The smallest absolute Gasteiger partial charge is 0.325 e. The molecule has 0 saturated carbocycles. The van der Waals surface area contributed by atoms with Crippen LogP contribution in [0.4, 0.5) is 5.69 Å². The van der Waals surface area contributed by atoms with Crippen LogP contribution in [-0.2, 0) is 4.79 Å².